The highest BCUT2D eigenvalue weighted by Gasteiger charge is 2.10. The summed E-state index contributed by atoms with van der Waals surface area (Å²) in [7, 11) is 0. The van der Waals surface area contributed by atoms with Gasteiger partial charge in [0.1, 0.15) is 0 Å². The van der Waals surface area contributed by atoms with E-state index in [2.05, 4.69) is 15.5 Å². The van der Waals surface area contributed by atoms with Gasteiger partial charge in [0.25, 0.3) is 0 Å². The van der Waals surface area contributed by atoms with E-state index >= 15 is 0 Å². The van der Waals surface area contributed by atoms with Crippen LogP contribution >= 0.6 is 11.6 Å². The van der Waals surface area contributed by atoms with E-state index < -0.39 is 0 Å². The topological polar surface area (TPSA) is 53.6 Å². The Kier molecular flexibility index (Phi) is 5.69. The number of urea groups is 1. The molecule has 126 valence electrons. The van der Waals surface area contributed by atoms with E-state index in [1.807, 2.05) is 24.3 Å². The van der Waals surface area contributed by atoms with Crippen molar-refractivity contribution < 1.29 is 9.53 Å². The van der Waals surface area contributed by atoms with Gasteiger partial charge in [-0.05, 0) is 42.0 Å². The van der Waals surface area contributed by atoms with Crippen molar-refractivity contribution in [1.82, 2.24) is 4.90 Å². The molecule has 0 atom stereocenters. The molecule has 0 saturated carbocycles. The SMILES string of the molecule is O=C(Nc1ccc(Cl)cc1)Nc1ccc(CN2CCOCC2)cc1. The smallest absolute Gasteiger partial charge is 0.323 e. The van der Waals surface area contributed by atoms with E-state index in [0.717, 1.165) is 38.5 Å². The molecular weight excluding hydrogens is 326 g/mol. The predicted octanol–water partition coefficient (Wildman–Crippen LogP) is 3.82. The Bertz CT molecular complexity index is 668. The van der Waals surface area contributed by atoms with E-state index in [1.54, 1.807) is 24.3 Å². The molecule has 0 spiro atoms. The van der Waals surface area contributed by atoms with E-state index in [-0.39, 0.29) is 6.03 Å². The third kappa shape index (κ3) is 4.96. The van der Waals surface area contributed by atoms with Gasteiger partial charge < -0.3 is 15.4 Å². The van der Waals surface area contributed by atoms with E-state index in [4.69, 9.17) is 16.3 Å². The molecule has 2 N–H and O–H groups in total. The normalized spacial score (nSPS) is 15.0. The Morgan fingerprint density at radius 1 is 0.958 bits per heavy atom. The molecule has 1 saturated heterocycles. The van der Waals surface area contributed by atoms with Crippen molar-refractivity contribution in [2.24, 2.45) is 0 Å². The zero-order chi connectivity index (χ0) is 16.8. The predicted molar refractivity (Wildman–Crippen MR) is 96.6 cm³/mol. The van der Waals surface area contributed by atoms with Crippen molar-refractivity contribution in [2.75, 3.05) is 36.9 Å². The zero-order valence-electron chi connectivity index (χ0n) is 13.3. The summed E-state index contributed by atoms with van der Waals surface area (Å²) in [6.45, 7) is 4.42. The summed E-state index contributed by atoms with van der Waals surface area (Å²) in [5.41, 5.74) is 2.67. The first-order valence-corrected chi connectivity index (χ1v) is 8.29. The largest absolute Gasteiger partial charge is 0.379 e. The molecule has 1 aliphatic rings. The highest BCUT2D eigenvalue weighted by atomic mass is 35.5. The van der Waals surface area contributed by atoms with Crippen LogP contribution in [0.2, 0.25) is 5.02 Å². The number of ether oxygens (including phenoxy) is 1. The number of benzene rings is 2. The lowest BCUT2D eigenvalue weighted by Crippen LogP contribution is -2.35. The number of halogens is 1. The number of hydrogen-bond donors (Lipinski definition) is 2. The Morgan fingerprint density at radius 3 is 2.08 bits per heavy atom. The summed E-state index contributed by atoms with van der Waals surface area (Å²) >= 11 is 5.82. The molecule has 0 aromatic heterocycles. The van der Waals surface area contributed by atoms with Gasteiger partial charge in [-0.1, -0.05) is 23.7 Å². The van der Waals surface area contributed by atoms with Gasteiger partial charge in [0.2, 0.25) is 0 Å². The summed E-state index contributed by atoms with van der Waals surface area (Å²) in [5, 5.41) is 6.22. The van der Waals surface area contributed by atoms with Crippen molar-refractivity contribution in [3.8, 4) is 0 Å². The van der Waals surface area contributed by atoms with Crippen LogP contribution in [0.15, 0.2) is 48.5 Å². The van der Waals surface area contributed by atoms with Gasteiger partial charge in [-0.25, -0.2) is 4.79 Å². The van der Waals surface area contributed by atoms with Crippen LogP contribution in [0.25, 0.3) is 0 Å². The lowest BCUT2D eigenvalue weighted by molar-refractivity contribution is 0.0342. The Morgan fingerprint density at radius 2 is 1.50 bits per heavy atom. The number of hydrogen-bond acceptors (Lipinski definition) is 3. The van der Waals surface area contributed by atoms with Crippen molar-refractivity contribution in [1.29, 1.82) is 0 Å². The molecule has 0 radical (unpaired) electrons. The van der Waals surface area contributed by atoms with Crippen LogP contribution in [0, 0.1) is 0 Å². The highest BCUT2D eigenvalue weighted by Crippen LogP contribution is 2.15. The molecule has 1 heterocycles. The molecule has 2 aromatic rings. The van der Waals surface area contributed by atoms with Crippen molar-refractivity contribution in [3.05, 3.63) is 59.1 Å². The van der Waals surface area contributed by atoms with Crippen LogP contribution in [0.3, 0.4) is 0 Å². The molecule has 1 fully saturated rings. The molecular formula is C18H20ClN3O2. The highest BCUT2D eigenvalue weighted by molar-refractivity contribution is 6.30. The van der Waals surface area contributed by atoms with Gasteiger partial charge in [-0.2, -0.15) is 0 Å². The van der Waals surface area contributed by atoms with Crippen molar-refractivity contribution >= 4 is 29.0 Å². The van der Waals surface area contributed by atoms with Gasteiger partial charge in [0, 0.05) is 36.0 Å². The van der Waals surface area contributed by atoms with E-state index in [1.165, 1.54) is 5.56 Å². The van der Waals surface area contributed by atoms with E-state index in [0.29, 0.717) is 10.7 Å². The minimum Gasteiger partial charge on any atom is -0.379 e. The fourth-order valence-electron chi connectivity index (χ4n) is 2.54. The molecule has 2 aromatic carbocycles. The lowest BCUT2D eigenvalue weighted by atomic mass is 10.2. The maximum Gasteiger partial charge on any atom is 0.323 e. The standard InChI is InChI=1S/C18H20ClN3O2/c19-15-3-7-17(8-4-15)21-18(23)20-16-5-1-14(2-6-16)13-22-9-11-24-12-10-22/h1-8H,9-13H2,(H2,20,21,23). The number of carbonyl (C=O) groups is 1. The van der Waals surface area contributed by atoms with Crippen LogP contribution in [0.1, 0.15) is 5.56 Å². The summed E-state index contributed by atoms with van der Waals surface area (Å²) in [6.07, 6.45) is 0. The number of nitrogens with one attached hydrogen (secondary N) is 2. The molecule has 1 aliphatic heterocycles. The number of rotatable bonds is 4. The molecule has 5 nitrogen and oxygen atoms in total. The zero-order valence-corrected chi connectivity index (χ0v) is 14.1. The molecule has 0 aliphatic carbocycles. The van der Waals surface area contributed by atoms with Gasteiger partial charge in [-0.3, -0.25) is 4.90 Å². The number of anilines is 2. The van der Waals surface area contributed by atoms with Gasteiger partial charge >= 0.3 is 6.03 Å². The van der Waals surface area contributed by atoms with Crippen molar-refractivity contribution in [2.45, 2.75) is 6.54 Å². The first-order valence-electron chi connectivity index (χ1n) is 7.92. The van der Waals surface area contributed by atoms with Crippen LogP contribution in [-0.2, 0) is 11.3 Å². The van der Waals surface area contributed by atoms with Crippen LogP contribution in [0.5, 0.6) is 0 Å². The van der Waals surface area contributed by atoms with Crippen LogP contribution in [-0.4, -0.2) is 37.2 Å². The summed E-state index contributed by atoms with van der Waals surface area (Å²) in [5.74, 6) is 0. The fourth-order valence-corrected chi connectivity index (χ4v) is 2.66. The molecule has 3 rings (SSSR count). The Balaban J connectivity index is 1.51. The number of nitrogens with zero attached hydrogens (tertiary/aromatic N) is 1. The summed E-state index contributed by atoms with van der Waals surface area (Å²) in [6, 6.07) is 14.6. The molecule has 0 bridgehead atoms. The number of carbonyl (C=O) groups excluding carboxylic acids is 1. The monoisotopic (exact) mass is 345 g/mol. The summed E-state index contributed by atoms with van der Waals surface area (Å²) in [4.78, 5) is 14.4. The van der Waals surface area contributed by atoms with E-state index in [9.17, 15) is 4.79 Å². The maximum absolute atomic E-state index is 12.0. The van der Waals surface area contributed by atoms with Crippen molar-refractivity contribution in [3.63, 3.8) is 0 Å². The second kappa shape index (κ2) is 8.15. The van der Waals surface area contributed by atoms with Gasteiger partial charge in [0.15, 0.2) is 0 Å². The first-order chi connectivity index (χ1) is 11.7. The van der Waals surface area contributed by atoms with Gasteiger partial charge in [0.05, 0.1) is 13.2 Å². The molecule has 0 unspecified atom stereocenters. The summed E-state index contributed by atoms with van der Waals surface area (Å²) < 4.78 is 5.35. The lowest BCUT2D eigenvalue weighted by Gasteiger charge is -2.26. The second-order valence-corrected chi connectivity index (χ2v) is 6.11. The third-order valence-electron chi connectivity index (χ3n) is 3.82. The quantitative estimate of drug-likeness (QED) is 0.885. The number of morpholine rings is 1. The molecule has 6 heteroatoms. The third-order valence-corrected chi connectivity index (χ3v) is 4.08. The Labute approximate surface area is 146 Å². The Hall–Kier alpha value is -2.08. The minimum atomic E-state index is -0.279. The maximum atomic E-state index is 12.0. The average Bonchev–Trinajstić information content (AvgIpc) is 2.60. The van der Waals surface area contributed by atoms with Crippen LogP contribution in [0.4, 0.5) is 16.2 Å². The number of amides is 2. The molecule has 2 amide bonds. The minimum absolute atomic E-state index is 0.279. The molecule has 24 heavy (non-hydrogen) atoms. The van der Waals surface area contributed by atoms with Crippen LogP contribution < -0.4 is 10.6 Å². The second-order valence-electron chi connectivity index (χ2n) is 5.67. The first kappa shape index (κ1) is 16.8. The average molecular weight is 346 g/mol. The van der Waals surface area contributed by atoms with Gasteiger partial charge in [-0.15, -0.1) is 0 Å². The fraction of sp³-hybridized carbons (Fsp3) is 0.278.